The fourth-order valence-corrected chi connectivity index (χ4v) is 3.64. The van der Waals surface area contributed by atoms with Gasteiger partial charge in [-0.1, -0.05) is 82.2 Å². The number of hydrogen-bond donors (Lipinski definition) is 1. The molecule has 1 unspecified atom stereocenters. The molecule has 1 atom stereocenters. The van der Waals surface area contributed by atoms with E-state index in [1.54, 1.807) is 0 Å². The number of para-hydroxylation sites is 2. The van der Waals surface area contributed by atoms with Crippen molar-refractivity contribution in [2.45, 2.75) is 75.2 Å². The maximum absolute atomic E-state index is 11.5. The predicted octanol–water partition coefficient (Wildman–Crippen LogP) is 5.90. The molecule has 2 aromatic rings. The number of benzene rings is 1. The lowest BCUT2D eigenvalue weighted by Crippen LogP contribution is -2.16. The third-order valence-corrected chi connectivity index (χ3v) is 5.21. The van der Waals surface area contributed by atoms with Gasteiger partial charge >= 0.3 is 5.97 Å². The third kappa shape index (κ3) is 6.19. The average Bonchev–Trinajstić information content (AvgIpc) is 2.98. The quantitative estimate of drug-likeness (QED) is 0.381. The van der Waals surface area contributed by atoms with Gasteiger partial charge in [0.2, 0.25) is 0 Å². The van der Waals surface area contributed by atoms with E-state index in [2.05, 4.69) is 11.9 Å². The van der Waals surface area contributed by atoms with Crippen LogP contribution in [0.3, 0.4) is 0 Å². The van der Waals surface area contributed by atoms with Gasteiger partial charge in [0.15, 0.2) is 5.58 Å². The normalized spacial score (nSPS) is 12.5. The van der Waals surface area contributed by atoms with E-state index in [1.165, 1.54) is 50.3 Å². The fourth-order valence-electron chi connectivity index (χ4n) is 2.72. The first-order chi connectivity index (χ1) is 11.7. The van der Waals surface area contributed by atoms with Gasteiger partial charge in [-0.2, -0.15) is 0 Å². The molecule has 0 aliphatic carbocycles. The Labute approximate surface area is 148 Å². The molecule has 0 radical (unpaired) electrons. The van der Waals surface area contributed by atoms with E-state index in [-0.39, 0.29) is 0 Å². The molecule has 4 nitrogen and oxygen atoms in total. The zero-order valence-corrected chi connectivity index (χ0v) is 15.2. The first-order valence-corrected chi connectivity index (χ1v) is 9.83. The van der Waals surface area contributed by atoms with Gasteiger partial charge in [0.1, 0.15) is 10.8 Å². The molecule has 0 saturated carbocycles. The number of hydrogen-bond acceptors (Lipinski definition) is 4. The van der Waals surface area contributed by atoms with E-state index in [9.17, 15) is 9.90 Å². The molecule has 1 N–H and O–H groups in total. The lowest BCUT2D eigenvalue weighted by Gasteiger charge is -2.09. The zero-order valence-electron chi connectivity index (χ0n) is 14.4. The zero-order chi connectivity index (χ0) is 17.2. The number of carbonyl (C=O) groups is 1. The highest BCUT2D eigenvalue weighted by Crippen LogP contribution is 2.29. The van der Waals surface area contributed by atoms with Crippen LogP contribution in [0.25, 0.3) is 11.1 Å². The Hall–Kier alpha value is -1.49. The second kappa shape index (κ2) is 10.4. The largest absolute Gasteiger partial charge is 0.480 e. The molecule has 0 aliphatic rings. The Balaban J connectivity index is 1.73. The molecule has 5 heteroatoms. The van der Waals surface area contributed by atoms with Crippen molar-refractivity contribution < 1.29 is 14.3 Å². The third-order valence-electron chi connectivity index (χ3n) is 4.11. The van der Waals surface area contributed by atoms with Crippen molar-refractivity contribution in [2.24, 2.45) is 0 Å². The first kappa shape index (κ1) is 18.8. The Morgan fingerprint density at radius 2 is 1.79 bits per heavy atom. The fraction of sp³-hybridized carbons (Fsp3) is 0.579. The van der Waals surface area contributed by atoms with Crippen molar-refractivity contribution >= 4 is 28.8 Å². The lowest BCUT2D eigenvalue weighted by atomic mass is 10.1. The summed E-state index contributed by atoms with van der Waals surface area (Å²) in [5, 5.41) is 9.38. The van der Waals surface area contributed by atoms with E-state index in [0.717, 1.165) is 18.4 Å². The van der Waals surface area contributed by atoms with Gasteiger partial charge in [-0.15, -0.1) is 0 Å². The van der Waals surface area contributed by atoms with Crippen LogP contribution in [0.15, 0.2) is 33.9 Å². The average molecular weight is 349 g/mol. The van der Waals surface area contributed by atoms with Crippen LogP contribution < -0.4 is 0 Å². The maximum atomic E-state index is 11.5. The van der Waals surface area contributed by atoms with Crippen LogP contribution in [0, 0.1) is 0 Å². The molecule has 1 aromatic heterocycles. The Bertz CT molecular complexity index is 593. The highest BCUT2D eigenvalue weighted by Gasteiger charge is 2.21. The summed E-state index contributed by atoms with van der Waals surface area (Å²) in [5.41, 5.74) is 1.48. The number of aromatic nitrogens is 1. The molecule has 0 aliphatic heterocycles. The van der Waals surface area contributed by atoms with Gasteiger partial charge in [0.25, 0.3) is 5.22 Å². The summed E-state index contributed by atoms with van der Waals surface area (Å²) in [7, 11) is 0. The number of carboxylic acid groups (broad SMARTS) is 1. The van der Waals surface area contributed by atoms with Crippen molar-refractivity contribution in [1.29, 1.82) is 0 Å². The second-order valence-corrected chi connectivity index (χ2v) is 7.31. The molecular weight excluding hydrogens is 322 g/mol. The summed E-state index contributed by atoms with van der Waals surface area (Å²) >= 11 is 1.22. The lowest BCUT2D eigenvalue weighted by molar-refractivity contribution is -0.136. The van der Waals surface area contributed by atoms with E-state index in [1.807, 2.05) is 24.3 Å². The van der Waals surface area contributed by atoms with Crippen molar-refractivity contribution in [3.8, 4) is 0 Å². The second-order valence-electron chi connectivity index (χ2n) is 6.16. The molecule has 1 heterocycles. The molecular formula is C19H27NO3S. The number of rotatable bonds is 12. The van der Waals surface area contributed by atoms with Crippen molar-refractivity contribution in [3.05, 3.63) is 24.3 Å². The minimum absolute atomic E-state index is 0.447. The molecule has 0 fully saturated rings. The van der Waals surface area contributed by atoms with Gasteiger partial charge in [-0.05, 0) is 18.6 Å². The summed E-state index contributed by atoms with van der Waals surface area (Å²) in [6.45, 7) is 2.22. The number of aliphatic carboxylic acids is 1. The molecule has 0 spiro atoms. The van der Waals surface area contributed by atoms with Gasteiger partial charge < -0.3 is 9.52 Å². The number of carboxylic acids is 1. The summed E-state index contributed by atoms with van der Waals surface area (Å²) in [6, 6.07) is 7.50. The molecule has 2 rings (SSSR count). The van der Waals surface area contributed by atoms with Crippen LogP contribution in [0.5, 0.6) is 0 Å². The molecule has 132 valence electrons. The number of unbranched alkanes of at least 4 members (excludes halogenated alkanes) is 7. The van der Waals surface area contributed by atoms with Crippen LogP contribution in [-0.2, 0) is 4.79 Å². The summed E-state index contributed by atoms with van der Waals surface area (Å²) < 4.78 is 5.62. The SMILES string of the molecule is CCCCCCCCCCC(Sc1nc2ccccc2o1)C(=O)O. The Morgan fingerprint density at radius 3 is 2.46 bits per heavy atom. The van der Waals surface area contributed by atoms with Gasteiger partial charge in [0.05, 0.1) is 0 Å². The molecule has 0 saturated heterocycles. The van der Waals surface area contributed by atoms with Gasteiger partial charge in [0, 0.05) is 0 Å². The first-order valence-electron chi connectivity index (χ1n) is 8.95. The van der Waals surface area contributed by atoms with Crippen molar-refractivity contribution in [2.75, 3.05) is 0 Å². The van der Waals surface area contributed by atoms with Crippen molar-refractivity contribution in [1.82, 2.24) is 4.98 Å². The maximum Gasteiger partial charge on any atom is 0.317 e. The van der Waals surface area contributed by atoms with E-state index >= 15 is 0 Å². The molecule has 0 amide bonds. The standard InChI is InChI=1S/C19H27NO3S/c1-2-3-4-5-6-7-8-9-14-17(18(21)22)24-19-20-15-12-10-11-13-16(15)23-19/h10-13,17H,2-9,14H2,1H3,(H,21,22). The number of thioether (sulfide) groups is 1. The van der Waals surface area contributed by atoms with Crippen LogP contribution in [0.4, 0.5) is 0 Å². The van der Waals surface area contributed by atoms with Crippen LogP contribution in [-0.4, -0.2) is 21.3 Å². The summed E-state index contributed by atoms with van der Waals surface area (Å²) in [5.74, 6) is -0.787. The Morgan fingerprint density at radius 1 is 1.12 bits per heavy atom. The highest BCUT2D eigenvalue weighted by molar-refractivity contribution is 8.00. The van der Waals surface area contributed by atoms with Gasteiger partial charge in [-0.3, -0.25) is 4.79 Å². The van der Waals surface area contributed by atoms with E-state index < -0.39 is 11.2 Å². The number of nitrogens with zero attached hydrogens (tertiary/aromatic N) is 1. The topological polar surface area (TPSA) is 63.3 Å². The van der Waals surface area contributed by atoms with Crippen LogP contribution >= 0.6 is 11.8 Å². The van der Waals surface area contributed by atoms with E-state index in [0.29, 0.717) is 17.2 Å². The van der Waals surface area contributed by atoms with Crippen LogP contribution in [0.1, 0.15) is 64.7 Å². The Kier molecular flexibility index (Phi) is 8.16. The highest BCUT2D eigenvalue weighted by atomic mass is 32.2. The minimum atomic E-state index is -0.787. The number of fused-ring (bicyclic) bond motifs is 1. The summed E-state index contributed by atoms with van der Waals surface area (Å²) in [6.07, 6.45) is 10.4. The smallest absolute Gasteiger partial charge is 0.317 e. The molecule has 0 bridgehead atoms. The number of oxazole rings is 1. The monoisotopic (exact) mass is 349 g/mol. The molecule has 1 aromatic carbocycles. The van der Waals surface area contributed by atoms with E-state index in [4.69, 9.17) is 4.42 Å². The summed E-state index contributed by atoms with van der Waals surface area (Å²) in [4.78, 5) is 15.8. The molecule has 24 heavy (non-hydrogen) atoms. The van der Waals surface area contributed by atoms with Gasteiger partial charge in [-0.25, -0.2) is 4.98 Å². The predicted molar refractivity (Wildman–Crippen MR) is 98.5 cm³/mol. The minimum Gasteiger partial charge on any atom is -0.480 e. The van der Waals surface area contributed by atoms with Crippen molar-refractivity contribution in [3.63, 3.8) is 0 Å². The van der Waals surface area contributed by atoms with Crippen LogP contribution in [0.2, 0.25) is 0 Å².